The normalized spacial score (nSPS) is 40.6. The summed E-state index contributed by atoms with van der Waals surface area (Å²) in [7, 11) is 0. The van der Waals surface area contributed by atoms with Gasteiger partial charge in [-0.2, -0.15) is 0 Å². The Morgan fingerprint density at radius 3 is 2.51 bits per heavy atom. The molecule has 0 aliphatic heterocycles. The summed E-state index contributed by atoms with van der Waals surface area (Å²) in [5.41, 5.74) is 5.94. The zero-order valence-corrected chi connectivity index (χ0v) is 25.9. The second kappa shape index (κ2) is 13.5. The van der Waals surface area contributed by atoms with Crippen LogP contribution in [0.4, 0.5) is 0 Å². The van der Waals surface area contributed by atoms with Gasteiger partial charge in [0.1, 0.15) is 0 Å². The van der Waals surface area contributed by atoms with Crippen LogP contribution in [0.25, 0.3) is 0 Å². The molecule has 39 heavy (non-hydrogen) atoms. The van der Waals surface area contributed by atoms with Crippen molar-refractivity contribution in [2.45, 2.75) is 130 Å². The van der Waals surface area contributed by atoms with Crippen molar-refractivity contribution in [2.24, 2.45) is 52.1 Å². The minimum atomic E-state index is -0.223. The number of rotatable bonds is 13. The largest absolute Gasteiger partial charge is 0.463 e. The van der Waals surface area contributed by atoms with Gasteiger partial charge >= 0.3 is 5.97 Å². The number of ether oxygens (including phenoxy) is 1. The Kier molecular flexibility index (Phi) is 10.8. The molecule has 4 aliphatic rings. The lowest BCUT2D eigenvalue weighted by molar-refractivity contribution is -0.170. The van der Waals surface area contributed by atoms with Gasteiger partial charge in [-0.1, -0.05) is 20.8 Å². The molecular formula is C33H61N3O3. The van der Waals surface area contributed by atoms with Crippen molar-refractivity contribution in [1.82, 2.24) is 10.6 Å². The fourth-order valence-corrected chi connectivity index (χ4v) is 10.1. The summed E-state index contributed by atoms with van der Waals surface area (Å²) in [5, 5.41) is 19.2. The Labute approximate surface area is 239 Å². The SMILES string of the molecule is CC(C)OC(=O)CC[C@@H](C)[C@H]1CCC2C3CCC4C[C@@H](NCCCNCCCN)CC[C@]4(C)C3C[C@H](O)[C@@]21C. The molecule has 0 radical (unpaired) electrons. The van der Waals surface area contributed by atoms with Gasteiger partial charge in [-0.15, -0.1) is 0 Å². The first-order chi connectivity index (χ1) is 18.6. The van der Waals surface area contributed by atoms with Gasteiger partial charge in [-0.3, -0.25) is 4.79 Å². The first-order valence-electron chi connectivity index (χ1n) is 16.6. The third-order valence-electron chi connectivity index (χ3n) is 12.2. The molecule has 0 saturated heterocycles. The summed E-state index contributed by atoms with van der Waals surface area (Å²) in [6, 6.07) is 0.654. The Bertz CT molecular complexity index is 792. The highest BCUT2D eigenvalue weighted by Crippen LogP contribution is 2.68. The van der Waals surface area contributed by atoms with Crippen molar-refractivity contribution in [3.63, 3.8) is 0 Å². The maximum absolute atomic E-state index is 12.2. The van der Waals surface area contributed by atoms with Crippen LogP contribution >= 0.6 is 0 Å². The summed E-state index contributed by atoms with van der Waals surface area (Å²) < 4.78 is 5.40. The van der Waals surface area contributed by atoms with E-state index < -0.39 is 0 Å². The minimum Gasteiger partial charge on any atom is -0.463 e. The van der Waals surface area contributed by atoms with E-state index in [1.807, 2.05) is 13.8 Å². The fourth-order valence-electron chi connectivity index (χ4n) is 10.1. The molecule has 0 heterocycles. The lowest BCUT2D eigenvalue weighted by Gasteiger charge is -2.62. The van der Waals surface area contributed by atoms with E-state index in [2.05, 4.69) is 31.4 Å². The fraction of sp³-hybridized carbons (Fsp3) is 0.970. The van der Waals surface area contributed by atoms with Gasteiger partial charge in [-0.05, 0) is 157 Å². The Balaban J connectivity index is 1.32. The Hall–Kier alpha value is -0.690. The monoisotopic (exact) mass is 547 g/mol. The second-order valence-electron chi connectivity index (χ2n) is 14.7. The summed E-state index contributed by atoms with van der Waals surface area (Å²) in [6.45, 7) is 15.1. The molecule has 0 aromatic carbocycles. The number of nitrogens with one attached hydrogen (secondary N) is 2. The van der Waals surface area contributed by atoms with Gasteiger partial charge in [0.2, 0.25) is 0 Å². The van der Waals surface area contributed by atoms with Crippen LogP contribution in [0.2, 0.25) is 0 Å². The molecule has 226 valence electrons. The van der Waals surface area contributed by atoms with Crippen LogP contribution in [0, 0.1) is 46.3 Å². The summed E-state index contributed by atoms with van der Waals surface area (Å²) in [6.07, 6.45) is 13.4. The second-order valence-corrected chi connectivity index (χ2v) is 14.7. The number of carbonyl (C=O) groups excluding carboxylic acids is 1. The van der Waals surface area contributed by atoms with E-state index in [0.29, 0.717) is 41.5 Å². The summed E-state index contributed by atoms with van der Waals surface area (Å²) in [4.78, 5) is 12.2. The molecule has 0 spiro atoms. The third-order valence-corrected chi connectivity index (χ3v) is 12.2. The van der Waals surface area contributed by atoms with E-state index >= 15 is 0 Å². The molecule has 0 aromatic heterocycles. The molecule has 4 fully saturated rings. The van der Waals surface area contributed by atoms with Gasteiger partial charge in [0.05, 0.1) is 12.2 Å². The first-order valence-corrected chi connectivity index (χ1v) is 16.6. The number of esters is 1. The molecule has 0 amide bonds. The van der Waals surface area contributed by atoms with Gasteiger partial charge in [0.15, 0.2) is 0 Å². The number of nitrogens with two attached hydrogens (primary N) is 1. The highest BCUT2D eigenvalue weighted by molar-refractivity contribution is 5.69. The molecule has 10 atom stereocenters. The third kappa shape index (κ3) is 6.70. The predicted molar refractivity (Wildman–Crippen MR) is 159 cm³/mol. The van der Waals surface area contributed by atoms with E-state index in [9.17, 15) is 9.90 Å². The Morgan fingerprint density at radius 2 is 1.77 bits per heavy atom. The van der Waals surface area contributed by atoms with Crippen LogP contribution in [-0.2, 0) is 9.53 Å². The van der Waals surface area contributed by atoms with Gasteiger partial charge in [0, 0.05) is 12.5 Å². The van der Waals surface area contributed by atoms with E-state index in [1.165, 1.54) is 51.4 Å². The zero-order chi connectivity index (χ0) is 28.2. The number of hydrogen-bond donors (Lipinski definition) is 4. The molecule has 6 nitrogen and oxygen atoms in total. The van der Waals surface area contributed by atoms with Crippen molar-refractivity contribution in [3.8, 4) is 0 Å². The molecule has 4 unspecified atom stereocenters. The number of hydrogen-bond acceptors (Lipinski definition) is 6. The molecule has 4 rings (SSSR count). The standard InChI is InChI=1S/C33H61N3O3/c1-22(2)39-31(38)13-8-23(3)27-11-12-28-26-10-9-24-20-25(36-19-7-18-35-17-6-16-34)14-15-32(24,4)29(26)21-30(37)33(27,28)5/h22-30,35-37H,6-21,34H2,1-5H3/t23-,24?,25+,26?,27-,28?,29?,30+,32+,33-/m1/s1. The maximum atomic E-state index is 12.2. The van der Waals surface area contributed by atoms with Crippen molar-refractivity contribution in [1.29, 1.82) is 0 Å². The van der Waals surface area contributed by atoms with Crippen LogP contribution in [0.3, 0.4) is 0 Å². The smallest absolute Gasteiger partial charge is 0.306 e. The maximum Gasteiger partial charge on any atom is 0.306 e. The van der Waals surface area contributed by atoms with E-state index in [1.54, 1.807) is 0 Å². The highest BCUT2D eigenvalue weighted by Gasteiger charge is 2.63. The molecule has 0 aromatic rings. The highest BCUT2D eigenvalue weighted by atomic mass is 16.5. The minimum absolute atomic E-state index is 0.0112. The Morgan fingerprint density at radius 1 is 1.00 bits per heavy atom. The van der Waals surface area contributed by atoms with Crippen LogP contribution in [-0.4, -0.2) is 55.5 Å². The predicted octanol–water partition coefficient (Wildman–Crippen LogP) is 5.27. The molecule has 0 bridgehead atoms. The first kappa shape index (κ1) is 31.3. The summed E-state index contributed by atoms with van der Waals surface area (Å²) in [5.74, 6) is 3.69. The summed E-state index contributed by atoms with van der Waals surface area (Å²) >= 11 is 0. The quantitative estimate of drug-likeness (QED) is 0.185. The molecule has 4 aliphatic carbocycles. The van der Waals surface area contributed by atoms with E-state index in [4.69, 9.17) is 10.5 Å². The van der Waals surface area contributed by atoms with E-state index in [-0.39, 0.29) is 23.6 Å². The van der Waals surface area contributed by atoms with Crippen molar-refractivity contribution >= 4 is 5.97 Å². The van der Waals surface area contributed by atoms with Crippen molar-refractivity contribution < 1.29 is 14.6 Å². The van der Waals surface area contributed by atoms with E-state index in [0.717, 1.165) is 57.3 Å². The molecular weight excluding hydrogens is 486 g/mol. The van der Waals surface area contributed by atoms with Crippen LogP contribution < -0.4 is 16.4 Å². The molecule has 4 saturated carbocycles. The topological polar surface area (TPSA) is 96.6 Å². The average Bonchev–Trinajstić information content (AvgIpc) is 3.26. The van der Waals surface area contributed by atoms with Crippen molar-refractivity contribution in [2.75, 3.05) is 26.2 Å². The van der Waals surface area contributed by atoms with Gasteiger partial charge in [-0.25, -0.2) is 0 Å². The van der Waals surface area contributed by atoms with Crippen molar-refractivity contribution in [3.05, 3.63) is 0 Å². The number of fused-ring (bicyclic) bond motifs is 5. The molecule has 5 N–H and O–H groups in total. The van der Waals surface area contributed by atoms with Crippen LogP contribution in [0.1, 0.15) is 112 Å². The number of aliphatic hydroxyl groups is 1. The molecule has 6 heteroatoms. The number of carbonyl (C=O) groups is 1. The van der Waals surface area contributed by atoms with Gasteiger partial charge < -0.3 is 26.2 Å². The average molecular weight is 548 g/mol. The lowest BCUT2D eigenvalue weighted by Crippen LogP contribution is -2.59. The van der Waals surface area contributed by atoms with Crippen LogP contribution in [0.15, 0.2) is 0 Å². The lowest BCUT2D eigenvalue weighted by atomic mass is 9.43. The van der Waals surface area contributed by atoms with Gasteiger partial charge in [0.25, 0.3) is 0 Å². The zero-order valence-electron chi connectivity index (χ0n) is 25.9. The van der Waals surface area contributed by atoms with Crippen LogP contribution in [0.5, 0.6) is 0 Å². The number of aliphatic hydroxyl groups excluding tert-OH is 1.